The highest BCUT2D eigenvalue weighted by Crippen LogP contribution is 2.39. The fourth-order valence-electron chi connectivity index (χ4n) is 3.97. The summed E-state index contributed by atoms with van der Waals surface area (Å²) < 4.78 is 65.9. The van der Waals surface area contributed by atoms with E-state index in [0.717, 1.165) is 12.1 Å². The molecule has 2 aliphatic rings. The number of rotatable bonds is 4. The second-order valence-electron chi connectivity index (χ2n) is 7.83. The Hall–Kier alpha value is -2.49. The van der Waals surface area contributed by atoms with Crippen molar-refractivity contribution in [3.8, 4) is 11.3 Å². The molecule has 0 radical (unpaired) electrons. The second kappa shape index (κ2) is 8.22. The van der Waals surface area contributed by atoms with Crippen molar-refractivity contribution in [2.24, 2.45) is 0 Å². The van der Waals surface area contributed by atoms with Gasteiger partial charge in [-0.25, -0.2) is 17.9 Å². The van der Waals surface area contributed by atoms with Crippen molar-refractivity contribution in [2.75, 3.05) is 13.7 Å². The number of nitrogens with zero attached hydrogens (tertiary/aromatic N) is 3. The van der Waals surface area contributed by atoms with Gasteiger partial charge in [0.1, 0.15) is 36.2 Å². The van der Waals surface area contributed by atoms with Gasteiger partial charge in [0.05, 0.1) is 12.8 Å². The molecule has 2 saturated heterocycles. The van der Waals surface area contributed by atoms with E-state index in [1.807, 2.05) is 0 Å². The molecule has 4 rings (SSSR count). The van der Waals surface area contributed by atoms with Crippen LogP contribution in [0.5, 0.6) is 0 Å². The Bertz CT molecular complexity index is 998. The summed E-state index contributed by atoms with van der Waals surface area (Å²) in [6, 6.07) is 1.22. The first-order chi connectivity index (χ1) is 14.7. The maximum Gasteiger partial charge on any atom is 0.194 e. The molecule has 0 aliphatic carbocycles. The number of aromatic nitrogens is 3. The minimum atomic E-state index is -1.54. The minimum absolute atomic E-state index is 0.0518. The topological polar surface area (TPSA) is 67.6 Å². The molecule has 0 N–H and O–H groups in total. The van der Waals surface area contributed by atoms with Crippen molar-refractivity contribution >= 4 is 0 Å². The number of fused-ring (bicyclic) bond motifs is 1. The summed E-state index contributed by atoms with van der Waals surface area (Å²) in [5.74, 6) is -5.03. The first-order valence-electron chi connectivity index (χ1n) is 9.67. The van der Waals surface area contributed by atoms with E-state index >= 15 is 0 Å². The summed E-state index contributed by atoms with van der Waals surface area (Å²) in [5.41, 5.74) is 2.93. The fourth-order valence-corrected chi connectivity index (χ4v) is 3.97. The third kappa shape index (κ3) is 4.05. The maximum absolute atomic E-state index is 13.7. The molecule has 0 bridgehead atoms. The maximum atomic E-state index is 13.7. The molecule has 10 heteroatoms. The molecule has 2 aromatic rings. The van der Waals surface area contributed by atoms with E-state index in [0.29, 0.717) is 0 Å². The largest absolute Gasteiger partial charge is 0.376 e. The van der Waals surface area contributed by atoms with Gasteiger partial charge in [-0.15, -0.1) is 10.8 Å². The lowest BCUT2D eigenvalue weighted by molar-refractivity contribution is -0.345. The SMILES string of the molecule is C=C=C[C@H]1O[C@@H]2COC(C)(C)O[C@@H]2[C@H](n2cc(-c3cc(F)c(F)c(F)c3)nn2)[C@H]1OC. The van der Waals surface area contributed by atoms with Gasteiger partial charge in [-0.3, -0.25) is 0 Å². The Morgan fingerprint density at radius 2 is 2.00 bits per heavy atom. The normalized spacial score (nSPS) is 29.8. The lowest BCUT2D eigenvalue weighted by Crippen LogP contribution is -2.62. The van der Waals surface area contributed by atoms with E-state index in [9.17, 15) is 13.2 Å². The van der Waals surface area contributed by atoms with Gasteiger partial charge >= 0.3 is 0 Å². The van der Waals surface area contributed by atoms with Gasteiger partial charge in [-0.05, 0) is 32.1 Å². The Kier molecular flexibility index (Phi) is 5.76. The van der Waals surface area contributed by atoms with Crippen LogP contribution in [-0.2, 0) is 18.9 Å². The standard InChI is InChI=1S/C21H22F3N3O4/c1-5-6-15-19(28-4)18(20-16(30-15)10-29-21(2,3)31-20)27-9-14(25-26-27)11-7-12(22)17(24)13(23)8-11/h6-9,15-16,18-20H,1,10H2,2-4H3/t15-,16-,18-,19+,20+/m1/s1. The summed E-state index contributed by atoms with van der Waals surface area (Å²) in [6.45, 7) is 7.45. The quantitative estimate of drug-likeness (QED) is 0.541. The van der Waals surface area contributed by atoms with Crippen molar-refractivity contribution in [3.63, 3.8) is 0 Å². The van der Waals surface area contributed by atoms with Crippen molar-refractivity contribution in [3.05, 3.63) is 54.2 Å². The fraction of sp³-hybridized carbons (Fsp3) is 0.476. The summed E-state index contributed by atoms with van der Waals surface area (Å²) in [5, 5.41) is 8.17. The van der Waals surface area contributed by atoms with Gasteiger partial charge in [0.2, 0.25) is 0 Å². The van der Waals surface area contributed by atoms with Gasteiger partial charge in [0.25, 0.3) is 0 Å². The molecule has 0 unspecified atom stereocenters. The van der Waals surface area contributed by atoms with E-state index in [-0.39, 0.29) is 17.9 Å². The molecular weight excluding hydrogens is 415 g/mol. The minimum Gasteiger partial charge on any atom is -0.376 e. The van der Waals surface area contributed by atoms with Gasteiger partial charge in [-0.1, -0.05) is 11.8 Å². The summed E-state index contributed by atoms with van der Waals surface area (Å²) in [7, 11) is 1.53. The van der Waals surface area contributed by atoms with E-state index in [1.54, 1.807) is 19.9 Å². The van der Waals surface area contributed by atoms with Crippen molar-refractivity contribution < 1.29 is 32.1 Å². The first-order valence-corrected chi connectivity index (χ1v) is 9.67. The van der Waals surface area contributed by atoms with Crippen LogP contribution in [0, 0.1) is 17.5 Å². The molecule has 2 aliphatic heterocycles. The third-order valence-electron chi connectivity index (χ3n) is 5.36. The van der Waals surface area contributed by atoms with Crippen LogP contribution >= 0.6 is 0 Å². The van der Waals surface area contributed by atoms with Crippen LogP contribution in [-0.4, -0.2) is 58.9 Å². The molecule has 31 heavy (non-hydrogen) atoms. The Morgan fingerprint density at radius 3 is 2.65 bits per heavy atom. The van der Waals surface area contributed by atoms with Crippen LogP contribution in [0.25, 0.3) is 11.3 Å². The molecule has 2 fully saturated rings. The van der Waals surface area contributed by atoms with Crippen LogP contribution < -0.4 is 0 Å². The molecule has 0 saturated carbocycles. The highest BCUT2D eigenvalue weighted by Gasteiger charge is 2.52. The van der Waals surface area contributed by atoms with Crippen molar-refractivity contribution in [1.29, 1.82) is 0 Å². The number of hydrogen-bond donors (Lipinski definition) is 0. The number of benzene rings is 1. The predicted molar refractivity (Wildman–Crippen MR) is 102 cm³/mol. The predicted octanol–water partition coefficient (Wildman–Crippen LogP) is 3.18. The van der Waals surface area contributed by atoms with E-state index in [4.69, 9.17) is 18.9 Å². The Morgan fingerprint density at radius 1 is 1.29 bits per heavy atom. The monoisotopic (exact) mass is 437 g/mol. The van der Waals surface area contributed by atoms with Crippen LogP contribution in [0.1, 0.15) is 19.9 Å². The molecule has 7 nitrogen and oxygen atoms in total. The average Bonchev–Trinajstić information content (AvgIpc) is 3.20. The second-order valence-corrected chi connectivity index (χ2v) is 7.83. The molecular formula is C21H22F3N3O4. The molecule has 166 valence electrons. The van der Waals surface area contributed by atoms with Crippen molar-refractivity contribution in [2.45, 2.75) is 50.1 Å². The first kappa shape index (κ1) is 21.7. The molecule has 0 spiro atoms. The smallest absolute Gasteiger partial charge is 0.194 e. The lowest BCUT2D eigenvalue weighted by Gasteiger charge is -2.50. The number of methoxy groups -OCH3 is 1. The number of ether oxygens (including phenoxy) is 4. The molecule has 5 atom stereocenters. The van der Waals surface area contributed by atoms with Gasteiger partial charge in [-0.2, -0.15) is 0 Å². The van der Waals surface area contributed by atoms with Gasteiger partial charge in [0.15, 0.2) is 23.2 Å². The Balaban J connectivity index is 1.75. The van der Waals surface area contributed by atoms with Crippen molar-refractivity contribution in [1.82, 2.24) is 15.0 Å². The lowest BCUT2D eigenvalue weighted by atomic mass is 9.91. The number of hydrogen-bond acceptors (Lipinski definition) is 6. The summed E-state index contributed by atoms with van der Waals surface area (Å²) in [4.78, 5) is 0. The average molecular weight is 437 g/mol. The number of halogens is 3. The van der Waals surface area contributed by atoms with Gasteiger partial charge in [0, 0.05) is 12.7 Å². The third-order valence-corrected chi connectivity index (χ3v) is 5.36. The van der Waals surface area contributed by atoms with Gasteiger partial charge < -0.3 is 18.9 Å². The van der Waals surface area contributed by atoms with E-state index < -0.39 is 53.7 Å². The van der Waals surface area contributed by atoms with Crippen LogP contribution in [0.2, 0.25) is 0 Å². The molecule has 1 aromatic heterocycles. The van der Waals surface area contributed by atoms with Crippen LogP contribution in [0.4, 0.5) is 13.2 Å². The summed E-state index contributed by atoms with van der Waals surface area (Å²) in [6.07, 6.45) is 1.12. The molecule has 0 amide bonds. The van der Waals surface area contributed by atoms with E-state index in [1.165, 1.54) is 18.0 Å². The van der Waals surface area contributed by atoms with Crippen LogP contribution in [0.3, 0.4) is 0 Å². The zero-order valence-corrected chi connectivity index (χ0v) is 17.2. The van der Waals surface area contributed by atoms with E-state index in [2.05, 4.69) is 22.6 Å². The zero-order chi connectivity index (χ0) is 22.3. The highest BCUT2D eigenvalue weighted by molar-refractivity contribution is 5.57. The molecule has 3 heterocycles. The summed E-state index contributed by atoms with van der Waals surface area (Å²) >= 11 is 0. The molecule has 1 aromatic carbocycles. The highest BCUT2D eigenvalue weighted by atomic mass is 19.2. The Labute approximate surface area is 177 Å². The zero-order valence-electron chi connectivity index (χ0n) is 17.2. The van der Waals surface area contributed by atoms with Crippen LogP contribution in [0.15, 0.2) is 36.7 Å².